The van der Waals surface area contributed by atoms with Gasteiger partial charge in [-0.15, -0.1) is 0 Å². The summed E-state index contributed by atoms with van der Waals surface area (Å²) in [6.45, 7) is 6.86. The summed E-state index contributed by atoms with van der Waals surface area (Å²) >= 11 is 0. The Morgan fingerprint density at radius 1 is 1.17 bits per heavy atom. The van der Waals surface area contributed by atoms with E-state index in [1.165, 1.54) is 24.8 Å². The van der Waals surface area contributed by atoms with Gasteiger partial charge in [-0.3, -0.25) is 14.4 Å². The molecule has 0 aromatic carbocycles. The lowest BCUT2D eigenvalue weighted by Gasteiger charge is -2.57. The Balaban J connectivity index is 1.48. The van der Waals surface area contributed by atoms with Crippen LogP contribution in [0.4, 0.5) is 0 Å². The van der Waals surface area contributed by atoms with Crippen molar-refractivity contribution >= 4 is 17.7 Å². The van der Waals surface area contributed by atoms with Gasteiger partial charge in [0, 0.05) is 17.9 Å². The number of ketones is 1. The molecule has 2 N–H and O–H groups in total. The van der Waals surface area contributed by atoms with Crippen LogP contribution in [0.15, 0.2) is 23.8 Å². The Kier molecular flexibility index (Phi) is 5.44. The third-order valence-corrected chi connectivity index (χ3v) is 9.19. The van der Waals surface area contributed by atoms with Gasteiger partial charge in [-0.05, 0) is 86.7 Å². The van der Waals surface area contributed by atoms with E-state index in [9.17, 15) is 14.4 Å². The van der Waals surface area contributed by atoms with Crippen LogP contribution in [0.1, 0.15) is 72.1 Å². The zero-order valence-corrected chi connectivity index (χ0v) is 18.4. The van der Waals surface area contributed by atoms with Crippen molar-refractivity contribution in [3.05, 3.63) is 23.8 Å². The van der Waals surface area contributed by atoms with E-state index in [-0.39, 0.29) is 41.4 Å². The molecule has 3 fully saturated rings. The van der Waals surface area contributed by atoms with E-state index in [2.05, 4.69) is 32.2 Å². The van der Waals surface area contributed by atoms with E-state index < -0.39 is 5.97 Å². The molecular formula is C25H35NO4. The van der Waals surface area contributed by atoms with E-state index in [1.54, 1.807) is 6.08 Å². The van der Waals surface area contributed by atoms with Crippen molar-refractivity contribution in [2.75, 3.05) is 0 Å². The van der Waals surface area contributed by atoms with Crippen molar-refractivity contribution in [1.82, 2.24) is 5.32 Å². The number of allylic oxidation sites excluding steroid dienone is 4. The second kappa shape index (κ2) is 7.65. The number of rotatable bonds is 5. The van der Waals surface area contributed by atoms with Gasteiger partial charge >= 0.3 is 5.97 Å². The highest BCUT2D eigenvalue weighted by Crippen LogP contribution is 2.66. The first kappa shape index (κ1) is 21.3. The van der Waals surface area contributed by atoms with E-state index in [0.29, 0.717) is 23.7 Å². The van der Waals surface area contributed by atoms with Crippen LogP contribution in [-0.2, 0) is 14.4 Å². The SMILES string of the molecule is CC(NC(=O)CCC(=O)O)[C@H]1CCC2C3CCC4=CC(=O)C=C[C@]4(C)C3CC[C@@]21C. The number of amides is 1. The zero-order valence-electron chi connectivity index (χ0n) is 18.4. The van der Waals surface area contributed by atoms with E-state index in [1.807, 2.05) is 6.08 Å². The van der Waals surface area contributed by atoms with E-state index in [4.69, 9.17) is 5.11 Å². The van der Waals surface area contributed by atoms with E-state index >= 15 is 0 Å². The number of carboxylic acids is 1. The van der Waals surface area contributed by atoms with Gasteiger partial charge in [0.1, 0.15) is 0 Å². The monoisotopic (exact) mass is 413 g/mol. The minimum Gasteiger partial charge on any atom is -0.481 e. The molecule has 4 aliphatic carbocycles. The molecule has 0 aromatic heterocycles. The molecule has 4 unspecified atom stereocenters. The third-order valence-electron chi connectivity index (χ3n) is 9.19. The molecular weight excluding hydrogens is 378 g/mol. The maximum absolute atomic E-state index is 12.2. The second-order valence-electron chi connectivity index (χ2n) is 10.6. The average Bonchev–Trinajstić information content (AvgIpc) is 3.04. The number of hydrogen-bond acceptors (Lipinski definition) is 3. The molecule has 3 saturated carbocycles. The van der Waals surface area contributed by atoms with Crippen LogP contribution in [0.3, 0.4) is 0 Å². The lowest BCUT2D eigenvalue weighted by Crippen LogP contribution is -2.52. The summed E-state index contributed by atoms with van der Waals surface area (Å²) in [5.41, 5.74) is 1.56. The summed E-state index contributed by atoms with van der Waals surface area (Å²) in [5, 5.41) is 11.9. The van der Waals surface area contributed by atoms with Gasteiger partial charge in [-0.1, -0.05) is 25.5 Å². The average molecular weight is 414 g/mol. The fourth-order valence-corrected chi connectivity index (χ4v) is 7.71. The number of nitrogens with one attached hydrogen (secondary N) is 1. The van der Waals surface area contributed by atoms with Gasteiger partial charge in [0.2, 0.25) is 5.91 Å². The van der Waals surface area contributed by atoms with Crippen LogP contribution < -0.4 is 5.32 Å². The van der Waals surface area contributed by atoms with Crippen LogP contribution in [0.2, 0.25) is 0 Å². The second-order valence-corrected chi connectivity index (χ2v) is 10.6. The number of carbonyl (C=O) groups is 3. The van der Waals surface area contributed by atoms with E-state index in [0.717, 1.165) is 19.3 Å². The van der Waals surface area contributed by atoms with Crippen molar-refractivity contribution in [2.45, 2.75) is 78.2 Å². The first-order valence-electron chi connectivity index (χ1n) is 11.6. The molecule has 5 heteroatoms. The molecule has 4 rings (SSSR count). The molecule has 0 aromatic rings. The number of fused-ring (bicyclic) bond motifs is 5. The summed E-state index contributed by atoms with van der Waals surface area (Å²) in [6, 6.07) is 0.0691. The Labute approximate surface area is 179 Å². The van der Waals surface area contributed by atoms with Crippen molar-refractivity contribution in [3.8, 4) is 0 Å². The van der Waals surface area contributed by atoms with Gasteiger partial charge in [0.15, 0.2) is 5.78 Å². The lowest BCUT2D eigenvalue weighted by molar-refractivity contribution is -0.139. The van der Waals surface area contributed by atoms with Crippen LogP contribution in [0.25, 0.3) is 0 Å². The predicted octanol–water partition coefficient (Wildman–Crippen LogP) is 4.28. The Bertz CT molecular complexity index is 814. The lowest BCUT2D eigenvalue weighted by atomic mass is 9.47. The highest BCUT2D eigenvalue weighted by molar-refractivity contribution is 6.01. The quantitative estimate of drug-likeness (QED) is 0.705. The minimum atomic E-state index is -0.929. The van der Waals surface area contributed by atoms with Gasteiger partial charge in [0.05, 0.1) is 6.42 Å². The van der Waals surface area contributed by atoms with Crippen molar-refractivity contribution < 1.29 is 19.5 Å². The maximum Gasteiger partial charge on any atom is 0.303 e. The third kappa shape index (κ3) is 3.44. The highest BCUT2D eigenvalue weighted by Gasteiger charge is 2.59. The first-order chi connectivity index (χ1) is 14.1. The number of carbonyl (C=O) groups excluding carboxylic acids is 2. The van der Waals surface area contributed by atoms with Crippen molar-refractivity contribution in [1.29, 1.82) is 0 Å². The van der Waals surface area contributed by atoms with Crippen LogP contribution >= 0.6 is 0 Å². The molecule has 5 nitrogen and oxygen atoms in total. The number of carboxylic acid groups (broad SMARTS) is 1. The highest BCUT2D eigenvalue weighted by atomic mass is 16.4. The Morgan fingerprint density at radius 2 is 1.93 bits per heavy atom. The molecule has 164 valence electrons. The Hall–Kier alpha value is -1.91. The molecule has 7 atom stereocenters. The molecule has 0 bridgehead atoms. The van der Waals surface area contributed by atoms with Crippen molar-refractivity contribution in [3.63, 3.8) is 0 Å². The van der Waals surface area contributed by atoms with Gasteiger partial charge in [-0.25, -0.2) is 0 Å². The van der Waals surface area contributed by atoms with Crippen LogP contribution in [0, 0.1) is 34.5 Å². The largest absolute Gasteiger partial charge is 0.481 e. The normalized spacial score (nSPS) is 40.6. The van der Waals surface area contributed by atoms with Gasteiger partial charge < -0.3 is 10.4 Å². The summed E-state index contributed by atoms with van der Waals surface area (Å²) < 4.78 is 0. The van der Waals surface area contributed by atoms with Crippen molar-refractivity contribution in [2.24, 2.45) is 34.5 Å². The molecule has 1 amide bonds. The molecule has 0 radical (unpaired) electrons. The van der Waals surface area contributed by atoms with Crippen LogP contribution in [0.5, 0.6) is 0 Å². The maximum atomic E-state index is 12.2. The molecule has 0 aliphatic heterocycles. The summed E-state index contributed by atoms with van der Waals surface area (Å²) in [7, 11) is 0. The fraction of sp³-hybridized carbons (Fsp3) is 0.720. The van der Waals surface area contributed by atoms with Gasteiger partial charge in [0.25, 0.3) is 0 Å². The summed E-state index contributed by atoms with van der Waals surface area (Å²) in [5.74, 6) is 1.41. The molecule has 0 spiro atoms. The predicted molar refractivity (Wildman–Crippen MR) is 115 cm³/mol. The first-order valence-corrected chi connectivity index (χ1v) is 11.6. The molecule has 4 aliphatic rings. The summed E-state index contributed by atoms with van der Waals surface area (Å²) in [6.07, 6.45) is 12.6. The number of aliphatic carboxylic acids is 1. The topological polar surface area (TPSA) is 83.5 Å². The standard InChI is InChI=1S/C25H35NO4/c1-15(26-22(28)8-9-23(29)30)19-6-7-20-18-5-4-16-14-17(27)10-12-24(16,2)21(18)11-13-25(19,20)3/h10,12,14-15,18-21H,4-9,11,13H2,1-3H3,(H,26,28)(H,29,30)/t15?,18?,19-,20?,21?,24+,25-/m1/s1. The molecule has 30 heavy (non-hydrogen) atoms. The summed E-state index contributed by atoms with van der Waals surface area (Å²) in [4.78, 5) is 34.9. The fourth-order valence-electron chi connectivity index (χ4n) is 7.71. The molecule has 0 saturated heterocycles. The Morgan fingerprint density at radius 3 is 2.67 bits per heavy atom. The number of hydrogen-bond donors (Lipinski definition) is 2. The zero-order chi connectivity index (χ0) is 21.7. The smallest absolute Gasteiger partial charge is 0.303 e. The molecule has 0 heterocycles. The van der Waals surface area contributed by atoms with Gasteiger partial charge in [-0.2, -0.15) is 0 Å². The minimum absolute atomic E-state index is 0.0207. The van der Waals surface area contributed by atoms with Crippen LogP contribution in [-0.4, -0.2) is 28.8 Å².